The van der Waals surface area contributed by atoms with Crippen LogP contribution in [0, 0.1) is 0 Å². The summed E-state index contributed by atoms with van der Waals surface area (Å²) in [6.07, 6.45) is 2.09. The summed E-state index contributed by atoms with van der Waals surface area (Å²) in [5.41, 5.74) is 1.10. The minimum Gasteiger partial charge on any atom is -0.497 e. The third kappa shape index (κ3) is 4.19. The van der Waals surface area contributed by atoms with Gasteiger partial charge in [0.05, 0.1) is 35.6 Å². The largest absolute Gasteiger partial charge is 0.497 e. The lowest BCUT2D eigenvalue weighted by molar-refractivity contribution is -0.119. The average Bonchev–Trinajstić information content (AvgIpc) is 3.52. The number of hydrogen-bond donors (Lipinski definition) is 1. The predicted octanol–water partition coefficient (Wildman–Crippen LogP) is 2.43. The molecular formula is C23H23N5O4S. The number of thioether (sulfide) groups is 1. The van der Waals surface area contributed by atoms with Gasteiger partial charge in [0.1, 0.15) is 5.75 Å². The summed E-state index contributed by atoms with van der Waals surface area (Å²) in [5.74, 6) is 1.08. The Balaban J connectivity index is 1.51. The number of rotatable bonds is 7. The molecule has 10 heteroatoms. The fraction of sp³-hybridized carbons (Fsp3) is 0.304. The summed E-state index contributed by atoms with van der Waals surface area (Å²) >= 11 is 1.28. The zero-order valence-corrected chi connectivity index (χ0v) is 18.9. The van der Waals surface area contributed by atoms with Crippen molar-refractivity contribution in [3.05, 3.63) is 58.9 Å². The van der Waals surface area contributed by atoms with Crippen LogP contribution in [0.2, 0.25) is 0 Å². The van der Waals surface area contributed by atoms with Crippen molar-refractivity contribution in [2.75, 3.05) is 26.0 Å². The minimum atomic E-state index is -0.204. The number of carbonyl (C=O) groups excluding carboxylic acids is 1. The van der Waals surface area contributed by atoms with Crippen molar-refractivity contribution in [2.45, 2.75) is 24.1 Å². The first-order chi connectivity index (χ1) is 16.2. The number of nitrogens with zero attached hydrogens (tertiary/aromatic N) is 4. The van der Waals surface area contributed by atoms with E-state index >= 15 is 0 Å². The van der Waals surface area contributed by atoms with Gasteiger partial charge in [0, 0.05) is 19.2 Å². The molecule has 2 aromatic carbocycles. The van der Waals surface area contributed by atoms with Gasteiger partial charge in [0.25, 0.3) is 5.56 Å². The van der Waals surface area contributed by atoms with E-state index in [4.69, 9.17) is 9.47 Å². The van der Waals surface area contributed by atoms with Crippen LogP contribution in [0.1, 0.15) is 12.8 Å². The normalized spacial score (nSPS) is 15.8. The zero-order valence-electron chi connectivity index (χ0n) is 18.1. The van der Waals surface area contributed by atoms with Crippen molar-refractivity contribution < 1.29 is 14.3 Å². The van der Waals surface area contributed by atoms with Gasteiger partial charge >= 0.3 is 0 Å². The van der Waals surface area contributed by atoms with Crippen LogP contribution in [0.4, 0.5) is 0 Å². The Hall–Kier alpha value is -3.37. The first-order valence-electron chi connectivity index (χ1n) is 10.7. The molecule has 9 nitrogen and oxygen atoms in total. The van der Waals surface area contributed by atoms with Gasteiger partial charge in [-0.25, -0.2) is 4.57 Å². The van der Waals surface area contributed by atoms with E-state index in [0.717, 1.165) is 19.4 Å². The van der Waals surface area contributed by atoms with Crippen molar-refractivity contribution in [2.24, 2.45) is 0 Å². The molecule has 3 heterocycles. The summed E-state index contributed by atoms with van der Waals surface area (Å²) in [6.45, 7) is 1.27. The van der Waals surface area contributed by atoms with Gasteiger partial charge in [0.15, 0.2) is 5.16 Å². The maximum Gasteiger partial charge on any atom is 0.267 e. The van der Waals surface area contributed by atoms with Crippen molar-refractivity contribution in [1.82, 2.24) is 24.5 Å². The highest BCUT2D eigenvalue weighted by atomic mass is 32.2. The summed E-state index contributed by atoms with van der Waals surface area (Å²) in [4.78, 5) is 25.8. The van der Waals surface area contributed by atoms with Crippen LogP contribution in [-0.4, -0.2) is 57.2 Å². The molecule has 2 aromatic heterocycles. The van der Waals surface area contributed by atoms with Crippen LogP contribution in [0.3, 0.4) is 0 Å². The lowest BCUT2D eigenvalue weighted by Crippen LogP contribution is -2.32. The second-order valence-corrected chi connectivity index (χ2v) is 8.65. The maximum atomic E-state index is 13.4. The highest BCUT2D eigenvalue weighted by Gasteiger charge is 2.20. The molecule has 0 saturated carbocycles. The SMILES string of the molecule is COc1cccc(-n2c(=O)c3ccccc3n3c(SCC(=O)NC[C@H]4CCCO4)nnc23)c1. The number of para-hydroxylation sites is 1. The Morgan fingerprint density at radius 1 is 1.24 bits per heavy atom. The molecule has 1 saturated heterocycles. The molecule has 0 unspecified atom stereocenters. The molecule has 4 aromatic rings. The monoisotopic (exact) mass is 465 g/mol. The fourth-order valence-corrected chi connectivity index (χ4v) is 4.74. The quantitative estimate of drug-likeness (QED) is 0.419. The van der Waals surface area contributed by atoms with Gasteiger partial charge in [0.2, 0.25) is 11.7 Å². The smallest absolute Gasteiger partial charge is 0.267 e. The number of ether oxygens (including phenoxy) is 2. The van der Waals surface area contributed by atoms with Crippen molar-refractivity contribution in [3.8, 4) is 11.4 Å². The third-order valence-electron chi connectivity index (χ3n) is 5.59. The number of nitrogens with one attached hydrogen (secondary N) is 1. The summed E-state index contributed by atoms with van der Waals surface area (Å²) in [5, 5.41) is 12.6. The first kappa shape index (κ1) is 21.5. The Kier molecular flexibility index (Phi) is 6.01. The number of fused-ring (bicyclic) bond motifs is 3. The van der Waals surface area contributed by atoms with Crippen molar-refractivity contribution in [3.63, 3.8) is 0 Å². The molecule has 0 bridgehead atoms. The van der Waals surface area contributed by atoms with E-state index in [0.29, 0.717) is 39.8 Å². The summed E-state index contributed by atoms with van der Waals surface area (Å²) in [6, 6.07) is 14.5. The molecule has 1 aliphatic rings. The summed E-state index contributed by atoms with van der Waals surface area (Å²) in [7, 11) is 1.58. The van der Waals surface area contributed by atoms with Crippen LogP contribution in [-0.2, 0) is 9.53 Å². The standard InChI is InChI=1S/C23H23N5O4S/c1-31-16-7-4-6-15(12-16)27-21(30)18-9-2-3-10-19(18)28-22(27)25-26-23(28)33-14-20(29)24-13-17-8-5-11-32-17/h2-4,6-7,9-10,12,17H,5,8,11,13-14H2,1H3,(H,24,29)/t17-/m1/s1. The molecule has 1 N–H and O–H groups in total. The van der Waals surface area contributed by atoms with Crippen LogP contribution in [0.5, 0.6) is 5.75 Å². The Morgan fingerprint density at radius 3 is 2.94 bits per heavy atom. The predicted molar refractivity (Wildman–Crippen MR) is 125 cm³/mol. The van der Waals surface area contributed by atoms with Crippen LogP contribution < -0.4 is 15.6 Å². The molecule has 33 heavy (non-hydrogen) atoms. The number of hydrogen-bond acceptors (Lipinski definition) is 7. The highest BCUT2D eigenvalue weighted by molar-refractivity contribution is 7.99. The molecule has 1 amide bonds. The second-order valence-electron chi connectivity index (χ2n) is 7.70. The van der Waals surface area contributed by atoms with Crippen LogP contribution >= 0.6 is 11.8 Å². The van der Waals surface area contributed by atoms with Crippen LogP contribution in [0.25, 0.3) is 22.4 Å². The molecule has 170 valence electrons. The van der Waals surface area contributed by atoms with Gasteiger partial charge in [-0.15, -0.1) is 10.2 Å². The average molecular weight is 466 g/mol. The lowest BCUT2D eigenvalue weighted by atomic mass is 10.2. The Labute approximate surface area is 193 Å². The van der Waals surface area contributed by atoms with E-state index in [1.54, 1.807) is 19.2 Å². The number of amides is 1. The van der Waals surface area contributed by atoms with Gasteiger partial charge in [-0.2, -0.15) is 0 Å². The Bertz CT molecular complexity index is 1380. The lowest BCUT2D eigenvalue weighted by Gasteiger charge is -2.12. The van der Waals surface area contributed by atoms with E-state index in [1.807, 2.05) is 40.8 Å². The molecular weight excluding hydrogens is 442 g/mol. The minimum absolute atomic E-state index is 0.0918. The Morgan fingerprint density at radius 2 is 2.12 bits per heavy atom. The first-order valence-corrected chi connectivity index (χ1v) is 11.7. The molecule has 0 radical (unpaired) electrons. The highest BCUT2D eigenvalue weighted by Crippen LogP contribution is 2.24. The van der Waals surface area contributed by atoms with Crippen molar-refractivity contribution in [1.29, 1.82) is 0 Å². The van der Waals surface area contributed by atoms with Gasteiger partial charge in [-0.05, 0) is 37.1 Å². The number of benzene rings is 2. The molecule has 1 fully saturated rings. The third-order valence-corrected chi connectivity index (χ3v) is 6.52. The van der Waals surface area contributed by atoms with Gasteiger partial charge < -0.3 is 14.8 Å². The maximum absolute atomic E-state index is 13.4. The van der Waals surface area contributed by atoms with Gasteiger partial charge in [-0.1, -0.05) is 30.0 Å². The van der Waals surface area contributed by atoms with Gasteiger partial charge in [-0.3, -0.25) is 14.0 Å². The number of carbonyl (C=O) groups is 1. The number of aromatic nitrogens is 4. The zero-order chi connectivity index (χ0) is 22.8. The summed E-state index contributed by atoms with van der Waals surface area (Å²) < 4.78 is 14.2. The second kappa shape index (κ2) is 9.24. The van der Waals surface area contributed by atoms with Crippen LogP contribution in [0.15, 0.2) is 58.5 Å². The van der Waals surface area contributed by atoms with E-state index in [-0.39, 0.29) is 23.3 Å². The molecule has 5 rings (SSSR count). The van der Waals surface area contributed by atoms with E-state index in [9.17, 15) is 9.59 Å². The molecule has 1 aliphatic heterocycles. The molecule has 0 spiro atoms. The van der Waals surface area contributed by atoms with Crippen molar-refractivity contribution >= 4 is 34.3 Å². The van der Waals surface area contributed by atoms with E-state index < -0.39 is 0 Å². The molecule has 1 atom stereocenters. The van der Waals surface area contributed by atoms with E-state index in [2.05, 4.69) is 15.5 Å². The molecule has 0 aliphatic carbocycles. The van der Waals surface area contributed by atoms with E-state index in [1.165, 1.54) is 16.3 Å². The fourth-order valence-electron chi connectivity index (χ4n) is 3.97. The number of methoxy groups -OCH3 is 1. The topological polar surface area (TPSA) is 99.8 Å².